The first-order valence-electron chi connectivity index (χ1n) is 10.4. The smallest absolute Gasteiger partial charge is 0.303 e. The van der Waals surface area contributed by atoms with Gasteiger partial charge in [-0.1, -0.05) is 6.92 Å². The number of aliphatic hydroxyl groups excluding tert-OH is 1. The van der Waals surface area contributed by atoms with Crippen LogP contribution in [0.15, 0.2) is 36.7 Å². The number of hydrogen-bond acceptors (Lipinski definition) is 5. The number of pyridine rings is 1. The van der Waals surface area contributed by atoms with Crippen LogP contribution in [0.25, 0.3) is 11.6 Å². The van der Waals surface area contributed by atoms with E-state index in [1.165, 1.54) is 5.56 Å². The Morgan fingerprint density at radius 1 is 1.30 bits per heavy atom. The summed E-state index contributed by atoms with van der Waals surface area (Å²) in [6, 6.07) is 7.88. The minimum Gasteiger partial charge on any atom is -0.481 e. The van der Waals surface area contributed by atoms with Gasteiger partial charge in [-0.3, -0.25) is 9.78 Å². The van der Waals surface area contributed by atoms with Crippen LogP contribution < -0.4 is 9.64 Å². The summed E-state index contributed by atoms with van der Waals surface area (Å²) in [5.74, 6) is 0.233. The highest BCUT2D eigenvalue weighted by Gasteiger charge is 2.37. The number of aliphatic carboxylic acids is 1. The predicted octanol–water partition coefficient (Wildman–Crippen LogP) is 4.29. The second-order valence-corrected chi connectivity index (χ2v) is 8.82. The van der Waals surface area contributed by atoms with Gasteiger partial charge < -0.3 is 19.8 Å². The second-order valence-electron chi connectivity index (χ2n) is 8.82. The van der Waals surface area contributed by atoms with Crippen LogP contribution in [0.4, 0.5) is 5.69 Å². The van der Waals surface area contributed by atoms with E-state index in [1.807, 2.05) is 24.3 Å². The average Bonchev–Trinajstić information content (AvgIpc) is 2.69. The summed E-state index contributed by atoms with van der Waals surface area (Å²) >= 11 is 0. The molecule has 158 valence electrons. The van der Waals surface area contributed by atoms with Crippen LogP contribution in [-0.4, -0.2) is 39.5 Å². The Morgan fingerprint density at radius 3 is 2.73 bits per heavy atom. The van der Waals surface area contributed by atoms with Crippen molar-refractivity contribution in [2.24, 2.45) is 0 Å². The maximum Gasteiger partial charge on any atom is 0.303 e. The maximum absolute atomic E-state index is 11.0. The van der Waals surface area contributed by atoms with E-state index in [1.54, 1.807) is 12.4 Å². The largest absolute Gasteiger partial charge is 0.481 e. The van der Waals surface area contributed by atoms with Crippen molar-refractivity contribution in [3.63, 3.8) is 0 Å². The summed E-state index contributed by atoms with van der Waals surface area (Å²) in [7, 11) is 0. The Hall–Kier alpha value is -2.86. The minimum absolute atomic E-state index is 0.0928. The van der Waals surface area contributed by atoms with Gasteiger partial charge in [0.15, 0.2) is 0 Å². The van der Waals surface area contributed by atoms with Gasteiger partial charge in [0.05, 0.1) is 0 Å². The van der Waals surface area contributed by atoms with E-state index in [-0.39, 0.29) is 12.0 Å². The molecule has 0 saturated heterocycles. The number of hydrogen-bond donors (Lipinski definition) is 2. The van der Waals surface area contributed by atoms with E-state index < -0.39 is 12.3 Å². The molecule has 3 heterocycles. The molecule has 2 atom stereocenters. The fraction of sp³-hybridized carbons (Fsp3) is 0.417. The van der Waals surface area contributed by atoms with E-state index in [2.05, 4.69) is 36.7 Å². The van der Waals surface area contributed by atoms with Crippen molar-refractivity contribution in [3.8, 4) is 5.75 Å². The molecule has 0 radical (unpaired) electrons. The van der Waals surface area contributed by atoms with Crippen LogP contribution in [0.2, 0.25) is 0 Å². The molecule has 2 aliphatic heterocycles. The number of rotatable bonds is 5. The number of nitrogens with zero attached hydrogens (tertiary/aromatic N) is 2. The second kappa shape index (κ2) is 7.76. The molecule has 4 rings (SSSR count). The monoisotopic (exact) mass is 408 g/mol. The molecule has 0 aliphatic carbocycles. The summed E-state index contributed by atoms with van der Waals surface area (Å²) in [5.41, 5.74) is 4.74. The number of anilines is 1. The van der Waals surface area contributed by atoms with Gasteiger partial charge in [0, 0.05) is 53.8 Å². The number of benzene rings is 1. The zero-order chi connectivity index (χ0) is 21.5. The molecular formula is C24H28N2O4. The molecule has 2 N–H and O–H groups in total. The first kappa shape index (κ1) is 20.4. The van der Waals surface area contributed by atoms with Gasteiger partial charge in [0.25, 0.3) is 0 Å². The maximum atomic E-state index is 11.0. The van der Waals surface area contributed by atoms with Crippen molar-refractivity contribution in [1.29, 1.82) is 0 Å². The van der Waals surface area contributed by atoms with Gasteiger partial charge in [-0.25, -0.2) is 0 Å². The van der Waals surface area contributed by atoms with Gasteiger partial charge in [-0.15, -0.1) is 0 Å². The topological polar surface area (TPSA) is 82.9 Å². The zero-order valence-corrected chi connectivity index (χ0v) is 17.6. The lowest BCUT2D eigenvalue weighted by Crippen LogP contribution is -2.49. The number of carboxylic acid groups (broad SMARTS) is 1. The Kier molecular flexibility index (Phi) is 5.28. The molecule has 2 unspecified atom stereocenters. The Bertz CT molecular complexity index is 984. The lowest BCUT2D eigenvalue weighted by Gasteiger charge is -2.48. The van der Waals surface area contributed by atoms with Crippen molar-refractivity contribution in [1.82, 2.24) is 4.98 Å². The summed E-state index contributed by atoms with van der Waals surface area (Å²) in [4.78, 5) is 17.3. The third-order valence-electron chi connectivity index (χ3n) is 6.12. The summed E-state index contributed by atoms with van der Waals surface area (Å²) in [6.07, 6.45) is 6.05. The SMILES string of the molecule is CC1CC(C)(C)N(CCCC(=O)O)c2cc3c(cc21)C=C(c1ccncc1)C(O)O3. The van der Waals surface area contributed by atoms with Crippen LogP contribution in [0.5, 0.6) is 5.75 Å². The molecule has 0 fully saturated rings. The van der Waals surface area contributed by atoms with Crippen LogP contribution in [0.1, 0.15) is 62.6 Å². The van der Waals surface area contributed by atoms with E-state index >= 15 is 0 Å². The van der Waals surface area contributed by atoms with Crippen molar-refractivity contribution in [2.75, 3.05) is 11.4 Å². The molecule has 2 aliphatic rings. The lowest BCUT2D eigenvalue weighted by atomic mass is 9.79. The van der Waals surface area contributed by atoms with Gasteiger partial charge in [0.2, 0.25) is 6.29 Å². The lowest BCUT2D eigenvalue weighted by molar-refractivity contribution is -0.137. The number of carbonyl (C=O) groups is 1. The minimum atomic E-state index is -1.05. The molecule has 6 heteroatoms. The molecule has 30 heavy (non-hydrogen) atoms. The highest BCUT2D eigenvalue weighted by Crippen LogP contribution is 2.47. The average molecular weight is 408 g/mol. The molecule has 1 aromatic heterocycles. The predicted molar refractivity (Wildman–Crippen MR) is 117 cm³/mol. The summed E-state index contributed by atoms with van der Waals surface area (Å²) < 4.78 is 5.91. The molecular weight excluding hydrogens is 380 g/mol. The van der Waals surface area contributed by atoms with Crippen molar-refractivity contribution >= 4 is 23.3 Å². The number of fused-ring (bicyclic) bond motifs is 2. The highest BCUT2D eigenvalue weighted by molar-refractivity contribution is 5.87. The normalized spacial score (nSPS) is 21.9. The van der Waals surface area contributed by atoms with Gasteiger partial charge in [-0.2, -0.15) is 0 Å². The molecule has 0 bridgehead atoms. The van der Waals surface area contributed by atoms with E-state index in [0.717, 1.165) is 23.2 Å². The summed E-state index contributed by atoms with van der Waals surface area (Å²) in [5, 5.41) is 19.6. The van der Waals surface area contributed by atoms with Gasteiger partial charge in [0.1, 0.15) is 5.75 Å². The third kappa shape index (κ3) is 3.79. The Balaban J connectivity index is 1.74. The molecule has 1 aromatic carbocycles. The van der Waals surface area contributed by atoms with Gasteiger partial charge in [-0.05, 0) is 68.0 Å². The van der Waals surface area contributed by atoms with Crippen LogP contribution in [0, 0.1) is 0 Å². The highest BCUT2D eigenvalue weighted by atomic mass is 16.6. The fourth-order valence-corrected chi connectivity index (χ4v) is 4.75. The van der Waals surface area contributed by atoms with Crippen molar-refractivity contribution in [2.45, 2.75) is 57.8 Å². The van der Waals surface area contributed by atoms with Crippen LogP contribution >= 0.6 is 0 Å². The molecule has 0 saturated carbocycles. The van der Waals surface area contributed by atoms with Crippen molar-refractivity contribution in [3.05, 3.63) is 53.3 Å². The van der Waals surface area contributed by atoms with E-state index in [9.17, 15) is 9.90 Å². The standard InChI is InChI=1S/C24H28N2O4/c1-15-14-24(2,3)26(10-4-5-22(27)28)20-13-21-17(11-18(15)20)12-19(23(29)30-21)16-6-8-25-9-7-16/h6-9,11-13,15,23,29H,4-5,10,14H2,1-3H3,(H,27,28). The number of aliphatic hydroxyl groups is 1. The Labute approximate surface area is 176 Å². The van der Waals surface area contributed by atoms with Crippen molar-refractivity contribution < 1.29 is 19.7 Å². The van der Waals surface area contributed by atoms with E-state index in [0.29, 0.717) is 30.2 Å². The molecule has 2 aromatic rings. The van der Waals surface area contributed by atoms with Gasteiger partial charge >= 0.3 is 5.97 Å². The molecule has 0 amide bonds. The Morgan fingerprint density at radius 2 is 2.03 bits per heavy atom. The third-order valence-corrected chi connectivity index (χ3v) is 6.12. The zero-order valence-electron chi connectivity index (χ0n) is 17.6. The first-order valence-corrected chi connectivity index (χ1v) is 10.4. The first-order chi connectivity index (χ1) is 14.3. The van der Waals surface area contributed by atoms with Crippen LogP contribution in [0.3, 0.4) is 0 Å². The van der Waals surface area contributed by atoms with Crippen LogP contribution in [-0.2, 0) is 4.79 Å². The molecule has 0 spiro atoms. The van der Waals surface area contributed by atoms with E-state index in [4.69, 9.17) is 9.84 Å². The number of carboxylic acids is 1. The number of aromatic nitrogens is 1. The number of ether oxygens (including phenoxy) is 1. The summed E-state index contributed by atoms with van der Waals surface area (Å²) in [6.45, 7) is 7.29. The quantitative estimate of drug-likeness (QED) is 0.768. The fourth-order valence-electron chi connectivity index (χ4n) is 4.75. The molecule has 6 nitrogen and oxygen atoms in total.